The van der Waals surface area contributed by atoms with E-state index in [-0.39, 0.29) is 23.1 Å². The fourth-order valence-corrected chi connectivity index (χ4v) is 1.51. The molecule has 0 unspecified atom stereocenters. The van der Waals surface area contributed by atoms with Crippen molar-refractivity contribution in [3.8, 4) is 0 Å². The van der Waals surface area contributed by atoms with Gasteiger partial charge >= 0.3 is 0 Å². The van der Waals surface area contributed by atoms with Crippen molar-refractivity contribution in [3.63, 3.8) is 0 Å². The first-order valence-electron chi connectivity index (χ1n) is 5.76. The lowest BCUT2D eigenvalue weighted by molar-refractivity contribution is 0.0948. The number of hydrogen-bond donors (Lipinski definition) is 3. The van der Waals surface area contributed by atoms with Gasteiger partial charge in [0.1, 0.15) is 5.56 Å². The van der Waals surface area contributed by atoms with Crippen LogP contribution >= 0.6 is 0 Å². The third-order valence-corrected chi connectivity index (χ3v) is 2.42. The van der Waals surface area contributed by atoms with Crippen molar-refractivity contribution < 1.29 is 4.79 Å². The van der Waals surface area contributed by atoms with E-state index in [0.717, 1.165) is 12.2 Å². The summed E-state index contributed by atoms with van der Waals surface area (Å²) in [5, 5.41) is 5.90. The maximum absolute atomic E-state index is 11.7. The molecule has 17 heavy (non-hydrogen) atoms. The number of aryl methyl sites for hydroxylation is 1. The van der Waals surface area contributed by atoms with Crippen molar-refractivity contribution in [3.05, 3.63) is 33.7 Å². The van der Waals surface area contributed by atoms with Crippen LogP contribution in [0.2, 0.25) is 0 Å². The van der Waals surface area contributed by atoms with Gasteiger partial charge in [0.2, 0.25) is 0 Å². The van der Waals surface area contributed by atoms with Crippen molar-refractivity contribution in [2.45, 2.75) is 26.8 Å². The predicted molar refractivity (Wildman–Crippen MR) is 67.3 cm³/mol. The van der Waals surface area contributed by atoms with Crippen LogP contribution in [0.3, 0.4) is 0 Å². The number of aromatic amines is 1. The number of nitrogens with one attached hydrogen (secondary N) is 3. The van der Waals surface area contributed by atoms with E-state index in [4.69, 9.17) is 0 Å². The van der Waals surface area contributed by atoms with Crippen LogP contribution in [0.25, 0.3) is 0 Å². The summed E-state index contributed by atoms with van der Waals surface area (Å²) in [5.74, 6) is -0.337. The molecule has 0 spiro atoms. The van der Waals surface area contributed by atoms with Gasteiger partial charge in [-0.25, -0.2) is 0 Å². The minimum Gasteiger partial charge on any atom is -0.350 e. The average Bonchev–Trinajstić information content (AvgIpc) is 2.26. The van der Waals surface area contributed by atoms with Crippen molar-refractivity contribution in [1.82, 2.24) is 15.6 Å². The maximum Gasteiger partial charge on any atom is 0.260 e. The highest BCUT2D eigenvalue weighted by Crippen LogP contribution is 1.93. The number of aromatic nitrogens is 1. The van der Waals surface area contributed by atoms with Crippen LogP contribution in [-0.4, -0.2) is 30.0 Å². The van der Waals surface area contributed by atoms with Gasteiger partial charge in [-0.2, -0.15) is 0 Å². The number of likely N-dealkylation sites (N-methyl/N-ethyl adjacent to an activating group) is 1. The Kier molecular flexibility index (Phi) is 4.90. The molecule has 0 saturated carbocycles. The van der Waals surface area contributed by atoms with Crippen molar-refractivity contribution in [1.29, 1.82) is 0 Å². The number of carbonyl (C=O) groups is 1. The van der Waals surface area contributed by atoms with Crippen LogP contribution in [-0.2, 0) is 0 Å². The number of carbonyl (C=O) groups excluding carboxylic acids is 1. The van der Waals surface area contributed by atoms with Crippen LogP contribution in [0.5, 0.6) is 0 Å². The zero-order valence-electron chi connectivity index (χ0n) is 10.5. The highest BCUT2D eigenvalue weighted by Gasteiger charge is 2.10. The molecule has 94 valence electrons. The Morgan fingerprint density at radius 1 is 1.47 bits per heavy atom. The first-order chi connectivity index (χ1) is 8.04. The summed E-state index contributed by atoms with van der Waals surface area (Å²) in [7, 11) is 0. The van der Waals surface area contributed by atoms with Gasteiger partial charge in [0.05, 0.1) is 0 Å². The summed E-state index contributed by atoms with van der Waals surface area (Å²) in [6, 6.07) is 3.44. The summed E-state index contributed by atoms with van der Waals surface area (Å²) in [6.45, 7) is 7.10. The molecule has 3 N–H and O–H groups in total. The highest BCUT2D eigenvalue weighted by molar-refractivity contribution is 5.93. The van der Waals surface area contributed by atoms with Gasteiger partial charge in [-0.3, -0.25) is 9.59 Å². The fraction of sp³-hybridized carbons (Fsp3) is 0.500. The standard InChI is InChI=1S/C12H19N3O2/c1-4-13-9(3)7-14-11(16)10-6-5-8(2)15-12(10)17/h5-6,9,13H,4,7H2,1-3H3,(H,14,16)(H,15,17)/t9-/m1/s1. The third-order valence-electron chi connectivity index (χ3n) is 2.42. The zero-order valence-corrected chi connectivity index (χ0v) is 10.5. The van der Waals surface area contributed by atoms with Crippen LogP contribution in [0.4, 0.5) is 0 Å². The van der Waals surface area contributed by atoms with E-state index in [1.807, 2.05) is 13.8 Å². The SMILES string of the molecule is CCN[C@H](C)CNC(=O)c1ccc(C)[nH]c1=O. The zero-order chi connectivity index (χ0) is 12.8. The maximum atomic E-state index is 11.7. The van der Waals surface area contributed by atoms with Gasteiger partial charge in [-0.15, -0.1) is 0 Å². The Morgan fingerprint density at radius 3 is 2.76 bits per heavy atom. The fourth-order valence-electron chi connectivity index (χ4n) is 1.51. The summed E-state index contributed by atoms with van der Waals surface area (Å²) < 4.78 is 0. The second kappa shape index (κ2) is 6.20. The number of amides is 1. The molecule has 1 heterocycles. The van der Waals surface area contributed by atoms with Crippen molar-refractivity contribution >= 4 is 5.91 Å². The van der Waals surface area contributed by atoms with Gasteiger partial charge in [0.25, 0.3) is 11.5 Å². The minimum absolute atomic E-state index is 0.152. The molecule has 0 aromatic carbocycles. The molecule has 5 nitrogen and oxygen atoms in total. The van der Waals surface area contributed by atoms with Crippen LogP contribution in [0, 0.1) is 6.92 Å². The molecule has 0 aliphatic carbocycles. The van der Waals surface area contributed by atoms with Gasteiger partial charge in [-0.05, 0) is 32.5 Å². The Balaban J connectivity index is 2.61. The van der Waals surface area contributed by atoms with Crippen molar-refractivity contribution in [2.75, 3.05) is 13.1 Å². The van der Waals surface area contributed by atoms with E-state index in [9.17, 15) is 9.59 Å². The Bertz CT molecular complexity index is 440. The Labute approximate surface area is 101 Å². The number of pyridine rings is 1. The normalized spacial score (nSPS) is 12.2. The topological polar surface area (TPSA) is 74.0 Å². The van der Waals surface area contributed by atoms with E-state index in [0.29, 0.717) is 6.54 Å². The van der Waals surface area contributed by atoms with E-state index in [1.54, 1.807) is 19.1 Å². The smallest absolute Gasteiger partial charge is 0.260 e. The Morgan fingerprint density at radius 2 is 2.18 bits per heavy atom. The summed E-state index contributed by atoms with van der Waals surface area (Å²) in [5.41, 5.74) is 0.547. The quantitative estimate of drug-likeness (QED) is 0.694. The molecule has 1 rings (SSSR count). The molecular formula is C12H19N3O2. The third kappa shape index (κ3) is 4.03. The molecular weight excluding hydrogens is 218 g/mol. The molecule has 0 radical (unpaired) electrons. The highest BCUT2D eigenvalue weighted by atomic mass is 16.2. The molecule has 1 atom stereocenters. The second-order valence-corrected chi connectivity index (χ2v) is 4.05. The molecule has 0 saturated heterocycles. The number of hydrogen-bond acceptors (Lipinski definition) is 3. The number of H-pyrrole nitrogens is 1. The predicted octanol–water partition coefficient (Wildman–Crippen LogP) is 0.411. The van der Waals surface area contributed by atoms with Crippen LogP contribution < -0.4 is 16.2 Å². The molecule has 5 heteroatoms. The second-order valence-electron chi connectivity index (χ2n) is 4.05. The van der Waals surface area contributed by atoms with E-state index < -0.39 is 0 Å². The minimum atomic E-state index is -0.349. The van der Waals surface area contributed by atoms with Crippen LogP contribution in [0.1, 0.15) is 29.9 Å². The van der Waals surface area contributed by atoms with Crippen molar-refractivity contribution in [2.24, 2.45) is 0 Å². The lowest BCUT2D eigenvalue weighted by atomic mass is 10.2. The molecule has 1 aromatic heterocycles. The lowest BCUT2D eigenvalue weighted by Gasteiger charge is -2.12. The summed E-state index contributed by atoms with van der Waals surface area (Å²) in [6.07, 6.45) is 0. The van der Waals surface area contributed by atoms with E-state index >= 15 is 0 Å². The molecule has 0 bridgehead atoms. The monoisotopic (exact) mass is 237 g/mol. The molecule has 1 aromatic rings. The molecule has 0 fully saturated rings. The first kappa shape index (κ1) is 13.4. The van der Waals surface area contributed by atoms with Gasteiger partial charge < -0.3 is 15.6 Å². The average molecular weight is 237 g/mol. The van der Waals surface area contributed by atoms with Gasteiger partial charge in [0.15, 0.2) is 0 Å². The van der Waals surface area contributed by atoms with Crippen LogP contribution in [0.15, 0.2) is 16.9 Å². The largest absolute Gasteiger partial charge is 0.350 e. The number of rotatable bonds is 5. The molecule has 1 amide bonds. The molecule has 0 aliphatic rings. The Hall–Kier alpha value is -1.62. The van der Waals surface area contributed by atoms with E-state index in [2.05, 4.69) is 15.6 Å². The summed E-state index contributed by atoms with van der Waals surface area (Å²) >= 11 is 0. The van der Waals surface area contributed by atoms with E-state index in [1.165, 1.54) is 0 Å². The summed E-state index contributed by atoms with van der Waals surface area (Å²) in [4.78, 5) is 25.8. The lowest BCUT2D eigenvalue weighted by Crippen LogP contribution is -2.40. The first-order valence-corrected chi connectivity index (χ1v) is 5.76. The molecule has 0 aliphatic heterocycles. The van der Waals surface area contributed by atoms with Gasteiger partial charge in [0, 0.05) is 18.3 Å². The van der Waals surface area contributed by atoms with Gasteiger partial charge in [-0.1, -0.05) is 6.92 Å².